The molecule has 0 amide bonds. The minimum Gasteiger partial charge on any atom is -0.497 e. The molecule has 0 heterocycles. The van der Waals surface area contributed by atoms with Crippen LogP contribution in [0.2, 0.25) is 0 Å². The van der Waals surface area contributed by atoms with Gasteiger partial charge < -0.3 is 15.2 Å². The first kappa shape index (κ1) is 17.9. The van der Waals surface area contributed by atoms with Crippen LogP contribution >= 0.6 is 0 Å². The third-order valence-corrected chi connectivity index (χ3v) is 3.89. The monoisotopic (exact) mass is 339 g/mol. The van der Waals surface area contributed by atoms with Crippen LogP contribution in [0.25, 0.3) is 10.4 Å². The Hall–Kier alpha value is -3.43. The molecule has 0 spiro atoms. The number of hydrogen-bond donors (Lipinski definition) is 1. The smallest absolute Gasteiger partial charge is 0.195 e. The van der Waals surface area contributed by atoms with E-state index in [1.807, 2.05) is 0 Å². The average Bonchev–Trinajstić information content (AvgIpc) is 2.67. The third kappa shape index (κ3) is 3.91. The van der Waals surface area contributed by atoms with Gasteiger partial charge in [-0.25, -0.2) is 0 Å². The van der Waals surface area contributed by atoms with Crippen LogP contribution < -0.4 is 10.5 Å². The average molecular weight is 339 g/mol. The van der Waals surface area contributed by atoms with Crippen LogP contribution in [0.5, 0.6) is 5.75 Å². The second-order valence-electron chi connectivity index (χ2n) is 5.17. The number of nitroso groups, excluding NO2 is 1. The van der Waals surface area contributed by atoms with Crippen molar-refractivity contribution in [2.24, 2.45) is 21.9 Å². The second-order valence-corrected chi connectivity index (χ2v) is 5.17. The molecule has 0 saturated carbocycles. The number of allylic oxidation sites excluding steroid dienone is 2. The molecular formula is C17H17N5O3. The molecule has 8 nitrogen and oxygen atoms in total. The fraction of sp³-hybridized carbons (Fsp3) is 0.294. The van der Waals surface area contributed by atoms with Crippen molar-refractivity contribution in [1.82, 2.24) is 0 Å². The molecule has 0 fully saturated rings. The van der Waals surface area contributed by atoms with Crippen molar-refractivity contribution in [1.29, 1.82) is 0 Å². The zero-order chi connectivity index (χ0) is 18.1. The molecule has 2 rings (SSSR count). The minimum absolute atomic E-state index is 0.102. The maximum atomic E-state index is 11.8. The van der Waals surface area contributed by atoms with E-state index in [9.17, 15) is 4.91 Å². The summed E-state index contributed by atoms with van der Waals surface area (Å²) < 4.78 is 10.4. The molecule has 1 aliphatic carbocycles. The normalized spacial score (nSPS) is 17.8. The minimum atomic E-state index is -1.32. The van der Waals surface area contributed by atoms with Crippen LogP contribution in [-0.2, 0) is 10.3 Å². The van der Waals surface area contributed by atoms with Gasteiger partial charge in [-0.2, -0.15) is 0 Å². The Kier molecular flexibility index (Phi) is 6.04. The van der Waals surface area contributed by atoms with Gasteiger partial charge in [0.25, 0.3) is 0 Å². The number of hydrogen-bond acceptors (Lipinski definition) is 6. The Morgan fingerprint density at radius 2 is 2.20 bits per heavy atom. The summed E-state index contributed by atoms with van der Waals surface area (Å²) in [5, 5.41) is 6.63. The highest BCUT2D eigenvalue weighted by Crippen LogP contribution is 2.39. The second kappa shape index (κ2) is 8.43. The van der Waals surface area contributed by atoms with Crippen LogP contribution in [-0.4, -0.2) is 13.8 Å². The molecule has 0 bridgehead atoms. The molecule has 1 aromatic rings. The van der Waals surface area contributed by atoms with E-state index in [-0.39, 0.29) is 12.6 Å². The van der Waals surface area contributed by atoms with Gasteiger partial charge in [0, 0.05) is 16.9 Å². The lowest BCUT2D eigenvalue weighted by Gasteiger charge is -2.29. The van der Waals surface area contributed by atoms with E-state index >= 15 is 0 Å². The number of ether oxygens (including phenoxy) is 2. The van der Waals surface area contributed by atoms with E-state index in [1.54, 1.807) is 49.6 Å². The largest absolute Gasteiger partial charge is 0.497 e. The van der Waals surface area contributed by atoms with Crippen LogP contribution in [0.15, 0.2) is 58.5 Å². The van der Waals surface area contributed by atoms with Gasteiger partial charge in [-0.05, 0) is 52.9 Å². The summed E-state index contributed by atoms with van der Waals surface area (Å²) in [6.45, 7) is -0.102. The van der Waals surface area contributed by atoms with E-state index in [4.69, 9.17) is 20.7 Å². The van der Waals surface area contributed by atoms with Gasteiger partial charge in [0.2, 0.25) is 0 Å². The first-order valence-electron chi connectivity index (χ1n) is 7.44. The van der Waals surface area contributed by atoms with E-state index < -0.39 is 5.54 Å². The summed E-state index contributed by atoms with van der Waals surface area (Å²) in [6.07, 6.45) is 5.75. The van der Waals surface area contributed by atoms with Gasteiger partial charge >= 0.3 is 0 Å². The number of nitrogens with zero attached hydrogens (tertiary/aromatic N) is 4. The first-order chi connectivity index (χ1) is 12.2. The number of azide groups is 1. The predicted molar refractivity (Wildman–Crippen MR) is 92.9 cm³/mol. The Morgan fingerprint density at radius 3 is 2.72 bits per heavy atom. The molecule has 0 aromatic heterocycles. The lowest BCUT2D eigenvalue weighted by Crippen LogP contribution is -2.31. The first-order valence-corrected chi connectivity index (χ1v) is 7.44. The Bertz CT molecular complexity index is 785. The zero-order valence-electron chi connectivity index (χ0n) is 13.6. The van der Waals surface area contributed by atoms with Crippen molar-refractivity contribution in [2.45, 2.75) is 12.0 Å². The van der Waals surface area contributed by atoms with Crippen molar-refractivity contribution in [2.75, 3.05) is 13.8 Å². The van der Waals surface area contributed by atoms with Gasteiger partial charge in [-0.1, -0.05) is 23.3 Å². The lowest BCUT2D eigenvalue weighted by atomic mass is 9.76. The number of methoxy groups -OCH3 is 1. The van der Waals surface area contributed by atoms with Gasteiger partial charge in [-0.3, -0.25) is 0 Å². The maximum absolute atomic E-state index is 11.8. The standard InChI is InChI=1S/C17H17N5O3/c1-24-15-6-2-13(3-7-15)17(21-23,10-11-18)14-4-8-16(9-5-14)25-12-20-22-19/h2-4,6-9,14H,5,12,18H2,1H3. The number of rotatable bonds is 7. The van der Waals surface area contributed by atoms with Crippen molar-refractivity contribution in [3.63, 3.8) is 0 Å². The Balaban J connectivity index is 2.29. The van der Waals surface area contributed by atoms with Crippen LogP contribution in [0.4, 0.5) is 0 Å². The van der Waals surface area contributed by atoms with Crippen molar-refractivity contribution in [3.8, 4) is 17.7 Å². The van der Waals surface area contributed by atoms with Gasteiger partial charge in [-0.15, -0.1) is 4.91 Å². The molecule has 25 heavy (non-hydrogen) atoms. The van der Waals surface area contributed by atoms with Gasteiger partial charge in [0.05, 0.1) is 7.11 Å². The molecule has 0 saturated heterocycles. The lowest BCUT2D eigenvalue weighted by molar-refractivity contribution is 0.228. The quantitative estimate of drug-likeness (QED) is 0.204. The van der Waals surface area contributed by atoms with E-state index in [1.165, 1.54) is 0 Å². The number of nitrogens with two attached hydrogens (primary N) is 1. The molecule has 2 unspecified atom stereocenters. The van der Waals surface area contributed by atoms with Crippen molar-refractivity contribution >= 4 is 0 Å². The summed E-state index contributed by atoms with van der Waals surface area (Å²) in [6, 6.07) is 9.29. The predicted octanol–water partition coefficient (Wildman–Crippen LogP) is 3.32. The van der Waals surface area contributed by atoms with Crippen molar-refractivity contribution in [3.05, 3.63) is 69.2 Å². The van der Waals surface area contributed by atoms with Crippen molar-refractivity contribution < 1.29 is 9.47 Å². The van der Waals surface area contributed by atoms with E-state index in [2.05, 4.69) is 27.2 Å². The summed E-state index contributed by atoms with van der Waals surface area (Å²) in [4.78, 5) is 14.4. The molecule has 2 N–H and O–H groups in total. The fourth-order valence-corrected chi connectivity index (χ4v) is 2.62. The van der Waals surface area contributed by atoms with E-state index in [0.29, 0.717) is 23.5 Å². The molecule has 8 heteroatoms. The fourth-order valence-electron chi connectivity index (χ4n) is 2.62. The summed E-state index contributed by atoms with van der Waals surface area (Å²) in [5.74, 6) is 3.66. The summed E-state index contributed by atoms with van der Waals surface area (Å²) >= 11 is 0. The molecule has 2 atom stereocenters. The topological polar surface area (TPSA) is 123 Å². The Morgan fingerprint density at radius 1 is 1.44 bits per heavy atom. The van der Waals surface area contributed by atoms with Crippen LogP contribution in [0.1, 0.15) is 12.0 Å². The highest BCUT2D eigenvalue weighted by Gasteiger charge is 2.40. The zero-order valence-corrected chi connectivity index (χ0v) is 13.6. The number of benzene rings is 1. The Labute approximate surface area is 144 Å². The highest BCUT2D eigenvalue weighted by atomic mass is 16.5. The van der Waals surface area contributed by atoms with Crippen LogP contribution in [0, 0.1) is 22.8 Å². The van der Waals surface area contributed by atoms with E-state index in [0.717, 1.165) is 0 Å². The molecule has 0 radical (unpaired) electrons. The maximum Gasteiger partial charge on any atom is 0.195 e. The molecule has 1 aliphatic rings. The SMILES string of the molecule is COc1ccc(C(C#CN)(N=O)C2C=CC(OCN=[N+]=[N-])=CC2)cc1. The molecule has 128 valence electrons. The van der Waals surface area contributed by atoms with Gasteiger partial charge in [0.1, 0.15) is 11.5 Å². The molecule has 0 aliphatic heterocycles. The molecular weight excluding hydrogens is 322 g/mol. The molecule has 1 aromatic carbocycles. The van der Waals surface area contributed by atoms with Crippen LogP contribution in [0.3, 0.4) is 0 Å². The van der Waals surface area contributed by atoms with Gasteiger partial charge in [0.15, 0.2) is 12.3 Å². The third-order valence-electron chi connectivity index (χ3n) is 3.89. The summed E-state index contributed by atoms with van der Waals surface area (Å²) in [5.41, 5.74) is 13.0. The highest BCUT2D eigenvalue weighted by molar-refractivity contribution is 5.41. The summed E-state index contributed by atoms with van der Waals surface area (Å²) in [7, 11) is 1.56.